The van der Waals surface area contributed by atoms with E-state index in [1.54, 1.807) is 60.7 Å². The molecule has 2 aliphatic rings. The van der Waals surface area contributed by atoms with Crippen LogP contribution in [0.25, 0.3) is 0 Å². The quantitative estimate of drug-likeness (QED) is 0.253. The molecular weight excluding hydrogens is 590 g/mol. The monoisotopic (exact) mass is 621 g/mol. The predicted molar refractivity (Wildman–Crippen MR) is 168 cm³/mol. The lowest BCUT2D eigenvalue weighted by Gasteiger charge is -2.33. The van der Waals surface area contributed by atoms with Crippen LogP contribution in [0.15, 0.2) is 84.9 Å². The maximum atomic E-state index is 14.4. The van der Waals surface area contributed by atoms with Crippen LogP contribution < -0.4 is 29.2 Å². The number of Topliss-reactive ketones (excluding diaryl/α,β-unsaturated/α-hetero) is 1. The van der Waals surface area contributed by atoms with Crippen LogP contribution in [0.5, 0.6) is 23.0 Å². The largest absolute Gasteiger partial charge is 0.493 e. The number of methoxy groups -OCH3 is 2. The molecule has 11 heteroatoms. The number of anilines is 2. The first-order valence-electron chi connectivity index (χ1n) is 14.5. The molecule has 0 bridgehead atoms. The summed E-state index contributed by atoms with van der Waals surface area (Å²) in [4.78, 5) is 57.2. The third kappa shape index (κ3) is 5.70. The summed E-state index contributed by atoms with van der Waals surface area (Å²) in [5, 5.41) is 2.92. The lowest BCUT2D eigenvalue weighted by Crippen LogP contribution is -2.46. The number of benzene rings is 4. The van der Waals surface area contributed by atoms with E-state index in [4.69, 9.17) is 18.9 Å². The predicted octanol–water partition coefficient (Wildman–Crippen LogP) is 4.68. The summed E-state index contributed by atoms with van der Waals surface area (Å²) in [5.74, 6) is -0.753. The highest BCUT2D eigenvalue weighted by molar-refractivity contribution is 6.52. The summed E-state index contributed by atoms with van der Waals surface area (Å²) in [6.45, 7) is 1.54. The summed E-state index contributed by atoms with van der Waals surface area (Å²) in [7, 11) is 2.98. The highest BCUT2D eigenvalue weighted by Crippen LogP contribution is 2.37. The number of amides is 3. The Morgan fingerprint density at radius 2 is 1.63 bits per heavy atom. The van der Waals surface area contributed by atoms with Gasteiger partial charge in [0, 0.05) is 18.3 Å². The first-order chi connectivity index (χ1) is 22.3. The van der Waals surface area contributed by atoms with Gasteiger partial charge in [-0.1, -0.05) is 42.5 Å². The zero-order chi connectivity index (χ0) is 32.4. The van der Waals surface area contributed by atoms with E-state index in [0.717, 1.165) is 16.0 Å². The van der Waals surface area contributed by atoms with Gasteiger partial charge in [-0.25, -0.2) is 0 Å². The molecule has 0 aliphatic carbocycles. The molecule has 6 rings (SSSR count). The van der Waals surface area contributed by atoms with Crippen molar-refractivity contribution >= 4 is 34.9 Å². The summed E-state index contributed by atoms with van der Waals surface area (Å²) in [6, 6.07) is 22.8. The van der Waals surface area contributed by atoms with Gasteiger partial charge in [0.1, 0.15) is 12.6 Å². The molecule has 0 fully saturated rings. The molecule has 0 spiro atoms. The first kappa shape index (κ1) is 30.2. The second-order valence-corrected chi connectivity index (χ2v) is 10.8. The van der Waals surface area contributed by atoms with Crippen LogP contribution in [-0.4, -0.2) is 56.0 Å². The van der Waals surface area contributed by atoms with Crippen molar-refractivity contribution in [2.75, 3.05) is 37.8 Å². The van der Waals surface area contributed by atoms with Crippen molar-refractivity contribution in [1.29, 1.82) is 0 Å². The van der Waals surface area contributed by atoms with Gasteiger partial charge >= 0.3 is 0 Å². The summed E-state index contributed by atoms with van der Waals surface area (Å²) in [6.07, 6.45) is 0. The molecule has 3 amide bonds. The number of ketones is 1. The number of hydrogen-bond acceptors (Lipinski definition) is 8. The maximum absolute atomic E-state index is 14.4. The van der Waals surface area contributed by atoms with Crippen LogP contribution in [0.4, 0.5) is 11.4 Å². The fourth-order valence-electron chi connectivity index (χ4n) is 5.61. The van der Waals surface area contributed by atoms with Gasteiger partial charge in [-0.15, -0.1) is 0 Å². The normalized spacial score (nSPS) is 13.7. The summed E-state index contributed by atoms with van der Waals surface area (Å²) in [5.41, 5.74) is 3.12. The molecule has 4 aromatic carbocycles. The number of hydrogen-bond donors (Lipinski definition) is 1. The summed E-state index contributed by atoms with van der Waals surface area (Å²) >= 11 is 0. The van der Waals surface area contributed by atoms with E-state index in [9.17, 15) is 19.2 Å². The van der Waals surface area contributed by atoms with Gasteiger partial charge in [0.05, 0.1) is 25.5 Å². The fourth-order valence-corrected chi connectivity index (χ4v) is 5.61. The molecule has 0 aromatic heterocycles. The molecule has 11 nitrogen and oxygen atoms in total. The average molecular weight is 622 g/mol. The molecule has 4 aromatic rings. The van der Waals surface area contributed by atoms with Crippen molar-refractivity contribution < 1.29 is 38.1 Å². The number of nitrogens with one attached hydrogen (secondary N) is 1. The van der Waals surface area contributed by atoms with E-state index in [0.29, 0.717) is 39.9 Å². The van der Waals surface area contributed by atoms with Crippen LogP contribution >= 0.6 is 0 Å². The van der Waals surface area contributed by atoms with Crippen LogP contribution in [0.1, 0.15) is 33.1 Å². The van der Waals surface area contributed by atoms with Crippen molar-refractivity contribution in [2.24, 2.45) is 0 Å². The molecule has 2 heterocycles. The van der Waals surface area contributed by atoms with Crippen LogP contribution in [0.2, 0.25) is 0 Å². The number of fused-ring (bicyclic) bond motifs is 2. The second-order valence-electron chi connectivity index (χ2n) is 10.8. The van der Waals surface area contributed by atoms with Gasteiger partial charge in [0.15, 0.2) is 23.0 Å². The van der Waals surface area contributed by atoms with Crippen molar-refractivity contribution in [1.82, 2.24) is 4.90 Å². The Kier molecular flexibility index (Phi) is 8.30. The molecule has 46 heavy (non-hydrogen) atoms. The van der Waals surface area contributed by atoms with Crippen molar-refractivity contribution in [3.8, 4) is 23.0 Å². The standard InChI is InChI=1S/C35H31N3O8/c1-21-8-4-5-9-23(21)18-38(31(39)19-37-26-11-7-6-10-25(26)33(40)35(37)42)32(22-12-14-27(43-2)29(16-22)44-3)34(41)36-24-13-15-28-30(17-24)46-20-45-28/h4-17,32H,18-20H2,1-3H3,(H,36,41)/t32-/m1/s1. The Balaban J connectivity index is 1.43. The number of carbonyl (C=O) groups excluding carboxylic acids is 4. The molecule has 234 valence electrons. The number of aryl methyl sites for hydroxylation is 1. The van der Waals surface area contributed by atoms with Gasteiger partial charge in [-0.2, -0.15) is 0 Å². The molecule has 0 saturated carbocycles. The Morgan fingerprint density at radius 3 is 2.41 bits per heavy atom. The number of carbonyl (C=O) groups is 4. The number of para-hydroxylation sites is 1. The Hall–Kier alpha value is -5.84. The molecule has 0 radical (unpaired) electrons. The van der Waals surface area contributed by atoms with Gasteiger partial charge in [-0.05, 0) is 60.0 Å². The summed E-state index contributed by atoms with van der Waals surface area (Å²) < 4.78 is 21.9. The van der Waals surface area contributed by atoms with Crippen molar-refractivity contribution in [3.63, 3.8) is 0 Å². The molecule has 2 aliphatic heterocycles. The maximum Gasteiger partial charge on any atom is 0.299 e. The second kappa shape index (κ2) is 12.6. The van der Waals surface area contributed by atoms with Crippen molar-refractivity contribution in [3.05, 3.63) is 107 Å². The first-order valence-corrected chi connectivity index (χ1v) is 14.5. The topological polar surface area (TPSA) is 124 Å². The molecule has 0 saturated heterocycles. The highest BCUT2D eigenvalue weighted by atomic mass is 16.7. The van der Waals surface area contributed by atoms with Gasteiger partial charge in [0.25, 0.3) is 17.6 Å². The average Bonchev–Trinajstić information content (AvgIpc) is 3.63. The minimum absolute atomic E-state index is 0.0245. The van der Waals surface area contributed by atoms with Crippen molar-refractivity contribution in [2.45, 2.75) is 19.5 Å². The molecule has 1 N–H and O–H groups in total. The van der Waals surface area contributed by atoms with Crippen LogP contribution in [0, 0.1) is 6.92 Å². The van der Waals surface area contributed by atoms with Gasteiger partial charge in [-0.3, -0.25) is 24.1 Å². The number of nitrogens with zero attached hydrogens (tertiary/aromatic N) is 2. The van der Waals surface area contributed by atoms with Gasteiger partial charge in [0.2, 0.25) is 12.7 Å². The number of rotatable bonds is 10. The Morgan fingerprint density at radius 1 is 0.891 bits per heavy atom. The minimum atomic E-state index is -1.21. The molecule has 0 unspecified atom stereocenters. The smallest absolute Gasteiger partial charge is 0.299 e. The molecule has 1 atom stereocenters. The van der Waals surface area contributed by atoms with E-state index in [-0.39, 0.29) is 18.9 Å². The third-order valence-electron chi connectivity index (χ3n) is 8.02. The SMILES string of the molecule is COc1ccc([C@H](C(=O)Nc2ccc3c(c2)OCO3)N(Cc2ccccc2C)C(=O)CN2C(=O)C(=O)c3ccccc32)cc1OC. The Bertz CT molecular complexity index is 1860. The third-order valence-corrected chi connectivity index (χ3v) is 8.02. The fraction of sp³-hybridized carbons (Fsp3) is 0.200. The lowest BCUT2D eigenvalue weighted by molar-refractivity contribution is -0.139. The minimum Gasteiger partial charge on any atom is -0.493 e. The molecular formula is C35H31N3O8. The zero-order valence-corrected chi connectivity index (χ0v) is 25.4. The Labute approximate surface area is 265 Å². The van der Waals surface area contributed by atoms with E-state index >= 15 is 0 Å². The van der Waals surface area contributed by atoms with Crippen LogP contribution in [-0.2, 0) is 20.9 Å². The van der Waals surface area contributed by atoms with Gasteiger partial charge < -0.3 is 29.2 Å². The lowest BCUT2D eigenvalue weighted by atomic mass is 10.0. The van der Waals surface area contributed by atoms with E-state index < -0.39 is 36.1 Å². The van der Waals surface area contributed by atoms with E-state index in [1.165, 1.54) is 19.1 Å². The van der Waals surface area contributed by atoms with E-state index in [2.05, 4.69) is 5.32 Å². The zero-order valence-electron chi connectivity index (χ0n) is 25.4. The van der Waals surface area contributed by atoms with E-state index in [1.807, 2.05) is 31.2 Å². The van der Waals surface area contributed by atoms with Crippen LogP contribution in [0.3, 0.4) is 0 Å². The highest BCUT2D eigenvalue weighted by Gasteiger charge is 2.40. The number of ether oxygens (including phenoxy) is 4.